The Hall–Kier alpha value is -2.50. The van der Waals surface area contributed by atoms with Gasteiger partial charge in [-0.25, -0.2) is 9.78 Å². The van der Waals surface area contributed by atoms with Gasteiger partial charge in [-0.1, -0.05) is 0 Å². The minimum Gasteiger partial charge on any atom is -0.476 e. The largest absolute Gasteiger partial charge is 0.476 e. The molecule has 0 aromatic carbocycles. The van der Waals surface area contributed by atoms with Gasteiger partial charge in [0.15, 0.2) is 5.69 Å². The van der Waals surface area contributed by atoms with Gasteiger partial charge in [-0.05, 0) is 30.2 Å². The molecule has 1 aliphatic heterocycles. The second kappa shape index (κ2) is 4.31. The number of hydrogen-bond donors (Lipinski definition) is 1. The first-order valence-corrected chi connectivity index (χ1v) is 5.92. The van der Waals surface area contributed by atoms with E-state index in [0.29, 0.717) is 5.69 Å². The van der Waals surface area contributed by atoms with Crippen molar-refractivity contribution < 1.29 is 9.90 Å². The summed E-state index contributed by atoms with van der Waals surface area (Å²) in [6, 6.07) is 5.14. The van der Waals surface area contributed by atoms with E-state index in [0.717, 1.165) is 24.3 Å². The van der Waals surface area contributed by atoms with E-state index in [-0.39, 0.29) is 5.69 Å². The number of anilines is 1. The number of pyridine rings is 1. The maximum Gasteiger partial charge on any atom is 0.356 e. The highest BCUT2D eigenvalue weighted by molar-refractivity contribution is 5.85. The Bertz CT molecular complexity index is 640. The van der Waals surface area contributed by atoms with Crippen LogP contribution in [0.5, 0.6) is 0 Å². The van der Waals surface area contributed by atoms with Crippen LogP contribution in [-0.2, 0) is 6.42 Å². The Morgan fingerprint density at radius 1 is 1.37 bits per heavy atom. The SMILES string of the molecule is CN1CCc2cc(-c3ccc(C(=O)O)nn3)cnc21. The van der Waals surface area contributed by atoms with Crippen LogP contribution in [0.15, 0.2) is 24.4 Å². The molecule has 0 bridgehead atoms. The first kappa shape index (κ1) is 11.6. The molecule has 96 valence electrons. The minimum absolute atomic E-state index is 0.0578. The molecular weight excluding hydrogens is 244 g/mol. The zero-order chi connectivity index (χ0) is 13.4. The summed E-state index contributed by atoms with van der Waals surface area (Å²) in [4.78, 5) is 17.2. The van der Waals surface area contributed by atoms with E-state index in [2.05, 4.69) is 20.1 Å². The lowest BCUT2D eigenvalue weighted by Crippen LogP contribution is -2.13. The van der Waals surface area contributed by atoms with E-state index in [4.69, 9.17) is 5.11 Å². The first-order valence-electron chi connectivity index (χ1n) is 5.92. The molecule has 0 amide bonds. The first-order chi connectivity index (χ1) is 9.15. The molecule has 6 nitrogen and oxygen atoms in total. The fourth-order valence-electron chi connectivity index (χ4n) is 2.17. The third-order valence-corrected chi connectivity index (χ3v) is 3.20. The summed E-state index contributed by atoms with van der Waals surface area (Å²) >= 11 is 0. The number of rotatable bonds is 2. The second-order valence-electron chi connectivity index (χ2n) is 4.49. The molecule has 2 aromatic heterocycles. The number of aromatic carboxylic acids is 1. The zero-order valence-corrected chi connectivity index (χ0v) is 10.4. The molecule has 1 N–H and O–H groups in total. The number of fused-ring (bicyclic) bond motifs is 1. The number of carboxylic acids is 1. The molecule has 0 saturated heterocycles. The third kappa shape index (κ3) is 2.01. The van der Waals surface area contributed by atoms with Crippen LogP contribution in [0.4, 0.5) is 5.82 Å². The molecule has 2 aromatic rings. The lowest BCUT2D eigenvalue weighted by atomic mass is 10.1. The summed E-state index contributed by atoms with van der Waals surface area (Å²) in [7, 11) is 2.01. The third-order valence-electron chi connectivity index (χ3n) is 3.20. The van der Waals surface area contributed by atoms with Crippen molar-refractivity contribution >= 4 is 11.8 Å². The average molecular weight is 256 g/mol. The van der Waals surface area contributed by atoms with E-state index < -0.39 is 5.97 Å². The number of likely N-dealkylation sites (N-methyl/N-ethyl adjacent to an activating group) is 1. The standard InChI is InChI=1S/C13H12N4O2/c1-17-5-4-8-6-9(7-14-12(8)17)10-2-3-11(13(18)19)16-15-10/h2-3,6-7H,4-5H2,1H3,(H,18,19). The number of aromatic nitrogens is 3. The maximum absolute atomic E-state index is 10.7. The van der Waals surface area contributed by atoms with Crippen LogP contribution in [0.2, 0.25) is 0 Å². The van der Waals surface area contributed by atoms with Gasteiger partial charge in [0.1, 0.15) is 5.82 Å². The smallest absolute Gasteiger partial charge is 0.356 e. The van der Waals surface area contributed by atoms with Crippen molar-refractivity contribution in [3.63, 3.8) is 0 Å². The number of carboxylic acid groups (broad SMARTS) is 1. The molecule has 19 heavy (non-hydrogen) atoms. The lowest BCUT2D eigenvalue weighted by Gasteiger charge is -2.10. The summed E-state index contributed by atoms with van der Waals surface area (Å²) in [5.41, 5.74) is 2.62. The maximum atomic E-state index is 10.7. The Morgan fingerprint density at radius 3 is 2.89 bits per heavy atom. The molecular formula is C13H12N4O2. The Labute approximate surface area is 109 Å². The van der Waals surface area contributed by atoms with Crippen LogP contribution in [0.25, 0.3) is 11.3 Å². The molecule has 0 saturated carbocycles. The summed E-state index contributed by atoms with van der Waals surface area (Å²) in [5, 5.41) is 16.4. The molecule has 0 aliphatic carbocycles. The molecule has 1 aliphatic rings. The van der Waals surface area contributed by atoms with Gasteiger partial charge in [-0.3, -0.25) is 0 Å². The molecule has 0 unspecified atom stereocenters. The summed E-state index contributed by atoms with van der Waals surface area (Å²) < 4.78 is 0. The van der Waals surface area contributed by atoms with E-state index in [1.54, 1.807) is 12.3 Å². The predicted octanol–water partition coefficient (Wildman–Crippen LogP) is 1.23. The van der Waals surface area contributed by atoms with E-state index in [1.807, 2.05) is 13.1 Å². The van der Waals surface area contributed by atoms with Gasteiger partial charge < -0.3 is 10.0 Å². The van der Waals surface area contributed by atoms with Crippen LogP contribution in [0.3, 0.4) is 0 Å². The van der Waals surface area contributed by atoms with Crippen LogP contribution in [0, 0.1) is 0 Å². The zero-order valence-electron chi connectivity index (χ0n) is 10.4. The molecule has 3 heterocycles. The van der Waals surface area contributed by atoms with Gasteiger partial charge in [-0.15, -0.1) is 10.2 Å². The fraction of sp³-hybridized carbons (Fsp3) is 0.231. The highest BCUT2D eigenvalue weighted by atomic mass is 16.4. The summed E-state index contributed by atoms with van der Waals surface area (Å²) in [6.45, 7) is 0.968. The van der Waals surface area contributed by atoms with Gasteiger partial charge in [-0.2, -0.15) is 0 Å². The average Bonchev–Trinajstić information content (AvgIpc) is 2.80. The Balaban J connectivity index is 1.96. The van der Waals surface area contributed by atoms with Crippen molar-refractivity contribution in [2.24, 2.45) is 0 Å². The highest BCUT2D eigenvalue weighted by Gasteiger charge is 2.18. The van der Waals surface area contributed by atoms with Crippen molar-refractivity contribution in [1.29, 1.82) is 0 Å². The van der Waals surface area contributed by atoms with E-state index >= 15 is 0 Å². The van der Waals surface area contributed by atoms with Crippen LogP contribution < -0.4 is 4.90 Å². The quantitative estimate of drug-likeness (QED) is 0.870. The van der Waals surface area contributed by atoms with Gasteiger partial charge in [0.25, 0.3) is 0 Å². The monoisotopic (exact) mass is 256 g/mol. The lowest BCUT2D eigenvalue weighted by molar-refractivity contribution is 0.0689. The van der Waals surface area contributed by atoms with Crippen LogP contribution in [-0.4, -0.2) is 39.8 Å². The number of nitrogens with zero attached hydrogens (tertiary/aromatic N) is 4. The predicted molar refractivity (Wildman–Crippen MR) is 69.2 cm³/mol. The van der Waals surface area contributed by atoms with Gasteiger partial charge in [0.2, 0.25) is 0 Å². The number of carbonyl (C=O) groups is 1. The normalized spacial score (nSPS) is 13.4. The molecule has 0 radical (unpaired) electrons. The number of hydrogen-bond acceptors (Lipinski definition) is 5. The topological polar surface area (TPSA) is 79.2 Å². The summed E-state index contributed by atoms with van der Waals surface area (Å²) in [6.07, 6.45) is 2.71. The van der Waals surface area contributed by atoms with E-state index in [1.165, 1.54) is 11.6 Å². The van der Waals surface area contributed by atoms with Gasteiger partial charge >= 0.3 is 5.97 Å². The summed E-state index contributed by atoms with van der Waals surface area (Å²) in [5.74, 6) is -0.0772. The minimum atomic E-state index is -1.08. The van der Waals surface area contributed by atoms with Crippen LogP contribution >= 0.6 is 0 Å². The fourth-order valence-corrected chi connectivity index (χ4v) is 2.17. The Morgan fingerprint density at radius 2 is 2.21 bits per heavy atom. The molecule has 0 fully saturated rings. The molecule has 0 spiro atoms. The highest BCUT2D eigenvalue weighted by Crippen LogP contribution is 2.27. The van der Waals surface area contributed by atoms with Crippen molar-refractivity contribution in [2.75, 3.05) is 18.5 Å². The molecule has 3 rings (SSSR count). The molecule has 0 atom stereocenters. The van der Waals surface area contributed by atoms with Crippen molar-refractivity contribution in [1.82, 2.24) is 15.2 Å². The second-order valence-corrected chi connectivity index (χ2v) is 4.49. The molecule has 6 heteroatoms. The van der Waals surface area contributed by atoms with Crippen molar-refractivity contribution in [3.05, 3.63) is 35.7 Å². The van der Waals surface area contributed by atoms with Crippen molar-refractivity contribution in [3.8, 4) is 11.3 Å². The van der Waals surface area contributed by atoms with Gasteiger partial charge in [0.05, 0.1) is 5.69 Å². The van der Waals surface area contributed by atoms with Crippen LogP contribution in [0.1, 0.15) is 16.1 Å². The van der Waals surface area contributed by atoms with E-state index in [9.17, 15) is 4.79 Å². The van der Waals surface area contributed by atoms with Gasteiger partial charge in [0, 0.05) is 25.4 Å². The van der Waals surface area contributed by atoms with Crippen molar-refractivity contribution in [2.45, 2.75) is 6.42 Å². The Kier molecular flexibility index (Phi) is 2.63.